The maximum atomic E-state index is 12.3. The highest BCUT2D eigenvalue weighted by molar-refractivity contribution is 6.05. The minimum atomic E-state index is 0.0553. The highest BCUT2D eigenvalue weighted by atomic mass is 16.3. The third-order valence-corrected chi connectivity index (χ3v) is 4.78. The fourth-order valence-electron chi connectivity index (χ4n) is 3.78. The van der Waals surface area contributed by atoms with Gasteiger partial charge in [0, 0.05) is 12.2 Å². The van der Waals surface area contributed by atoms with Gasteiger partial charge < -0.3 is 15.1 Å². The van der Waals surface area contributed by atoms with Gasteiger partial charge >= 0.3 is 0 Å². The van der Waals surface area contributed by atoms with E-state index in [2.05, 4.69) is 13.8 Å². The molecule has 4 heteroatoms. The molecule has 0 radical (unpaired) electrons. The number of carbonyl (C=O) groups excluding carboxylic acids is 1. The largest absolute Gasteiger partial charge is 0.507 e. The summed E-state index contributed by atoms with van der Waals surface area (Å²) in [4.78, 5) is 14.1. The van der Waals surface area contributed by atoms with Crippen LogP contribution in [0.5, 0.6) is 11.5 Å². The monoisotopic (exact) mass is 339 g/mol. The number of fused-ring (bicyclic) bond motifs is 1. The Morgan fingerprint density at radius 1 is 1.12 bits per heavy atom. The Bertz CT molecular complexity index is 816. The predicted octanol–water partition coefficient (Wildman–Crippen LogP) is 4.18. The molecule has 4 nitrogen and oxygen atoms in total. The van der Waals surface area contributed by atoms with Crippen LogP contribution in [0.3, 0.4) is 0 Å². The Hall–Kier alpha value is -2.49. The first kappa shape index (κ1) is 17.3. The molecule has 2 N–H and O–H groups in total. The van der Waals surface area contributed by atoms with Crippen molar-refractivity contribution >= 4 is 11.6 Å². The lowest BCUT2D eigenvalue weighted by molar-refractivity contribution is -0.117. The minimum Gasteiger partial charge on any atom is -0.507 e. The molecule has 0 aromatic heterocycles. The summed E-state index contributed by atoms with van der Waals surface area (Å²) in [5.74, 6) is 0.618. The van der Waals surface area contributed by atoms with Crippen LogP contribution in [0.25, 0.3) is 11.1 Å². The van der Waals surface area contributed by atoms with Crippen LogP contribution in [-0.2, 0) is 17.6 Å². The highest BCUT2D eigenvalue weighted by Gasteiger charge is 2.31. The number of aromatic hydroxyl groups is 2. The van der Waals surface area contributed by atoms with E-state index in [0.29, 0.717) is 24.4 Å². The van der Waals surface area contributed by atoms with E-state index in [1.807, 2.05) is 26.0 Å². The smallest absolute Gasteiger partial charge is 0.231 e. The first-order valence-corrected chi connectivity index (χ1v) is 8.81. The summed E-state index contributed by atoms with van der Waals surface area (Å²) in [7, 11) is 0. The Morgan fingerprint density at radius 3 is 2.32 bits per heavy atom. The van der Waals surface area contributed by atoms with Gasteiger partial charge in [0.25, 0.3) is 0 Å². The van der Waals surface area contributed by atoms with Crippen LogP contribution in [0.15, 0.2) is 24.3 Å². The lowest BCUT2D eigenvalue weighted by Gasteiger charge is -2.18. The zero-order valence-electron chi connectivity index (χ0n) is 15.3. The van der Waals surface area contributed by atoms with E-state index < -0.39 is 0 Å². The van der Waals surface area contributed by atoms with Crippen molar-refractivity contribution in [2.24, 2.45) is 5.92 Å². The normalized spacial score (nSPS) is 13.6. The number of carbonyl (C=O) groups is 1. The molecule has 0 atom stereocenters. The topological polar surface area (TPSA) is 60.8 Å². The molecular weight excluding hydrogens is 314 g/mol. The molecule has 0 spiro atoms. The maximum absolute atomic E-state index is 12.3. The van der Waals surface area contributed by atoms with E-state index in [0.717, 1.165) is 34.4 Å². The van der Waals surface area contributed by atoms with Gasteiger partial charge in [-0.25, -0.2) is 0 Å². The molecule has 0 saturated heterocycles. The van der Waals surface area contributed by atoms with Crippen molar-refractivity contribution in [2.45, 2.75) is 40.5 Å². The van der Waals surface area contributed by atoms with Gasteiger partial charge in [0.1, 0.15) is 11.5 Å². The van der Waals surface area contributed by atoms with Crippen LogP contribution in [0, 0.1) is 12.8 Å². The van der Waals surface area contributed by atoms with E-state index >= 15 is 0 Å². The van der Waals surface area contributed by atoms with E-state index in [4.69, 9.17) is 0 Å². The van der Waals surface area contributed by atoms with Crippen molar-refractivity contribution in [3.05, 3.63) is 41.0 Å². The first-order valence-electron chi connectivity index (χ1n) is 8.81. The number of amides is 1. The van der Waals surface area contributed by atoms with Crippen LogP contribution >= 0.6 is 0 Å². The molecular formula is C21H25NO3. The molecule has 1 heterocycles. The van der Waals surface area contributed by atoms with Crippen molar-refractivity contribution < 1.29 is 15.0 Å². The van der Waals surface area contributed by atoms with Crippen LogP contribution < -0.4 is 4.90 Å². The fraction of sp³-hybridized carbons (Fsp3) is 0.381. The van der Waals surface area contributed by atoms with Gasteiger partial charge in [0.05, 0.1) is 12.0 Å². The predicted molar refractivity (Wildman–Crippen MR) is 100 cm³/mol. The number of benzene rings is 2. The zero-order chi connectivity index (χ0) is 18.3. The number of likely N-dealkylation sites (N-methyl/N-ethyl adjacent to an activating group) is 1. The third-order valence-electron chi connectivity index (χ3n) is 4.78. The second-order valence-electron chi connectivity index (χ2n) is 7.18. The van der Waals surface area contributed by atoms with Crippen LogP contribution in [0.1, 0.15) is 37.5 Å². The van der Waals surface area contributed by atoms with E-state index in [-0.39, 0.29) is 17.4 Å². The summed E-state index contributed by atoms with van der Waals surface area (Å²) < 4.78 is 0. The zero-order valence-corrected chi connectivity index (χ0v) is 15.3. The molecule has 2 aromatic rings. The number of phenols is 2. The van der Waals surface area contributed by atoms with Gasteiger partial charge in [-0.05, 0) is 66.6 Å². The molecule has 1 aliphatic rings. The highest BCUT2D eigenvalue weighted by Crippen LogP contribution is 2.46. The molecule has 0 saturated carbocycles. The Labute approximate surface area is 148 Å². The van der Waals surface area contributed by atoms with Crippen molar-refractivity contribution in [2.75, 3.05) is 11.4 Å². The van der Waals surface area contributed by atoms with E-state index in [1.54, 1.807) is 17.0 Å². The molecule has 0 unspecified atom stereocenters. The van der Waals surface area contributed by atoms with Crippen molar-refractivity contribution in [1.29, 1.82) is 0 Å². The second kappa shape index (κ2) is 6.43. The lowest BCUT2D eigenvalue weighted by atomic mass is 9.90. The number of hydrogen-bond acceptors (Lipinski definition) is 3. The van der Waals surface area contributed by atoms with Crippen LogP contribution in [0.4, 0.5) is 5.69 Å². The summed E-state index contributed by atoms with van der Waals surface area (Å²) in [5, 5.41) is 21.2. The van der Waals surface area contributed by atoms with Gasteiger partial charge in [-0.15, -0.1) is 0 Å². The molecule has 3 rings (SSSR count). The maximum Gasteiger partial charge on any atom is 0.231 e. The summed E-state index contributed by atoms with van der Waals surface area (Å²) in [6.45, 7) is 8.69. The number of phenolic OH excluding ortho intramolecular Hbond substituents is 2. The molecule has 1 aliphatic heterocycles. The van der Waals surface area contributed by atoms with E-state index in [1.165, 1.54) is 0 Å². The number of rotatable bonds is 4. The van der Waals surface area contributed by atoms with Crippen molar-refractivity contribution in [3.8, 4) is 22.6 Å². The molecule has 25 heavy (non-hydrogen) atoms. The molecule has 0 aliphatic carbocycles. The number of nitrogens with zero attached hydrogens (tertiary/aromatic N) is 1. The van der Waals surface area contributed by atoms with Crippen LogP contribution in [-0.4, -0.2) is 22.7 Å². The number of anilines is 1. The molecule has 132 valence electrons. The van der Waals surface area contributed by atoms with Gasteiger partial charge in [-0.1, -0.05) is 19.9 Å². The SMILES string of the molecule is CCN1C(=O)Cc2c1ccc(C)c2-c1c(O)cc(CC(C)C)cc1O. The molecule has 2 aromatic carbocycles. The van der Waals surface area contributed by atoms with Gasteiger partial charge in [-0.3, -0.25) is 4.79 Å². The molecule has 0 bridgehead atoms. The fourth-order valence-corrected chi connectivity index (χ4v) is 3.78. The van der Waals surface area contributed by atoms with E-state index in [9.17, 15) is 15.0 Å². The Kier molecular flexibility index (Phi) is 4.46. The summed E-state index contributed by atoms with van der Waals surface area (Å²) in [6, 6.07) is 7.34. The number of aryl methyl sites for hydroxylation is 1. The Morgan fingerprint density at radius 2 is 1.76 bits per heavy atom. The minimum absolute atomic E-state index is 0.0553. The average molecular weight is 339 g/mol. The van der Waals surface area contributed by atoms with Crippen molar-refractivity contribution in [3.63, 3.8) is 0 Å². The second-order valence-corrected chi connectivity index (χ2v) is 7.18. The van der Waals surface area contributed by atoms with Gasteiger partial charge in [0.15, 0.2) is 0 Å². The summed E-state index contributed by atoms with van der Waals surface area (Å²) >= 11 is 0. The van der Waals surface area contributed by atoms with Crippen LogP contribution in [0.2, 0.25) is 0 Å². The van der Waals surface area contributed by atoms with Gasteiger partial charge in [-0.2, -0.15) is 0 Å². The molecule has 0 fully saturated rings. The van der Waals surface area contributed by atoms with Crippen molar-refractivity contribution in [1.82, 2.24) is 0 Å². The Balaban J connectivity index is 2.19. The van der Waals surface area contributed by atoms with Gasteiger partial charge in [0.2, 0.25) is 5.91 Å². The molecule has 1 amide bonds. The lowest BCUT2D eigenvalue weighted by Crippen LogP contribution is -2.25. The summed E-state index contributed by atoms with van der Waals surface area (Å²) in [5.41, 5.74) is 4.80. The average Bonchev–Trinajstić information content (AvgIpc) is 2.83. The summed E-state index contributed by atoms with van der Waals surface area (Å²) in [6.07, 6.45) is 1.09. The third kappa shape index (κ3) is 2.97. The quantitative estimate of drug-likeness (QED) is 0.878. The standard InChI is InChI=1S/C21H25NO3/c1-5-22-16-7-6-13(4)20(15(16)11-19(22)25)21-17(23)9-14(8-12(2)3)10-18(21)24/h6-7,9-10,12,23-24H,5,8,11H2,1-4H3. The number of hydrogen-bond donors (Lipinski definition) is 2. The first-order chi connectivity index (χ1) is 11.8.